The van der Waals surface area contributed by atoms with E-state index >= 15 is 0 Å². The highest BCUT2D eigenvalue weighted by Gasteiger charge is 2.51. The van der Waals surface area contributed by atoms with E-state index in [0.717, 1.165) is 22.9 Å². The third kappa shape index (κ3) is 3.82. The van der Waals surface area contributed by atoms with Gasteiger partial charge in [0.1, 0.15) is 0 Å². The van der Waals surface area contributed by atoms with Gasteiger partial charge in [-0.3, -0.25) is 0 Å². The van der Waals surface area contributed by atoms with Crippen molar-refractivity contribution in [1.29, 1.82) is 0 Å². The third-order valence-electron chi connectivity index (χ3n) is 8.22. The van der Waals surface area contributed by atoms with E-state index in [2.05, 4.69) is 40.0 Å². The van der Waals surface area contributed by atoms with E-state index < -0.39 is 16.6 Å². The lowest BCUT2D eigenvalue weighted by Crippen LogP contribution is -2.52. The van der Waals surface area contributed by atoms with Gasteiger partial charge in [-0.1, -0.05) is 13.8 Å². The van der Waals surface area contributed by atoms with Crippen LogP contribution < -0.4 is 0 Å². The second kappa shape index (κ2) is 6.44. The van der Waals surface area contributed by atoms with Gasteiger partial charge in [-0.2, -0.15) is 0 Å². The predicted octanol–water partition coefficient (Wildman–Crippen LogP) is 5.33. The Kier molecular flexibility index (Phi) is 4.81. The summed E-state index contributed by atoms with van der Waals surface area (Å²) in [5.41, 5.74) is 1.47. The number of epoxide rings is 2. The van der Waals surface area contributed by atoms with Gasteiger partial charge in [-0.25, -0.2) is 0 Å². The van der Waals surface area contributed by atoms with Crippen LogP contribution in [0.15, 0.2) is 0 Å². The minimum absolute atomic E-state index is 0.587. The minimum atomic E-state index is -1.70. The Labute approximate surface area is 156 Å². The zero-order chi connectivity index (χ0) is 18.0. The fourth-order valence-electron chi connectivity index (χ4n) is 5.78. The monoisotopic (exact) mass is 382 g/mol. The smallest absolute Gasteiger partial charge is 0.176 e. The van der Waals surface area contributed by atoms with Gasteiger partial charge < -0.3 is 13.6 Å². The van der Waals surface area contributed by atoms with Crippen molar-refractivity contribution in [3.8, 4) is 0 Å². The van der Waals surface area contributed by atoms with Crippen LogP contribution in [-0.4, -0.2) is 41.1 Å². The molecule has 0 spiro atoms. The van der Waals surface area contributed by atoms with E-state index in [9.17, 15) is 0 Å². The van der Waals surface area contributed by atoms with Gasteiger partial charge in [0.15, 0.2) is 16.6 Å². The van der Waals surface area contributed by atoms with Gasteiger partial charge in [0.05, 0.1) is 24.4 Å². The van der Waals surface area contributed by atoms with Gasteiger partial charge >= 0.3 is 0 Å². The first-order chi connectivity index (χ1) is 11.7. The summed E-state index contributed by atoms with van der Waals surface area (Å²) in [7, 11) is -3.40. The molecule has 3 nitrogen and oxygen atoms in total. The summed E-state index contributed by atoms with van der Waals surface area (Å²) in [6.45, 7) is 14.9. The molecule has 2 saturated carbocycles. The van der Waals surface area contributed by atoms with Crippen LogP contribution in [0.2, 0.25) is 37.3 Å². The van der Waals surface area contributed by atoms with Gasteiger partial charge in [0.25, 0.3) is 0 Å². The molecule has 2 saturated heterocycles. The molecule has 0 radical (unpaired) electrons. The summed E-state index contributed by atoms with van der Waals surface area (Å²) in [4.78, 5) is 0. The molecule has 2 aliphatic heterocycles. The van der Waals surface area contributed by atoms with Crippen molar-refractivity contribution in [2.24, 2.45) is 11.8 Å². The maximum atomic E-state index is 7.15. The molecule has 2 aliphatic carbocycles. The van der Waals surface area contributed by atoms with E-state index in [1.54, 1.807) is 0 Å². The van der Waals surface area contributed by atoms with E-state index in [0.29, 0.717) is 24.4 Å². The van der Waals surface area contributed by atoms with Crippen LogP contribution in [-0.2, 0) is 13.6 Å². The average molecular weight is 383 g/mol. The Morgan fingerprint density at radius 2 is 1.08 bits per heavy atom. The number of hydrogen-bond donors (Lipinski definition) is 0. The number of hydrogen-bond acceptors (Lipinski definition) is 3. The van der Waals surface area contributed by atoms with Crippen molar-refractivity contribution in [2.45, 2.75) is 114 Å². The predicted molar refractivity (Wildman–Crippen MR) is 107 cm³/mol. The van der Waals surface area contributed by atoms with E-state index in [1.807, 2.05) is 0 Å². The Morgan fingerprint density at radius 1 is 0.680 bits per heavy atom. The summed E-state index contributed by atoms with van der Waals surface area (Å²) in [5.74, 6) is 1.64. The zero-order valence-corrected chi connectivity index (χ0v) is 19.1. The number of fused-ring (bicyclic) bond motifs is 2. The molecule has 0 aromatic heterocycles. The van der Waals surface area contributed by atoms with Crippen LogP contribution in [0, 0.1) is 11.8 Å². The molecule has 25 heavy (non-hydrogen) atoms. The normalized spacial score (nSPS) is 43.0. The maximum absolute atomic E-state index is 7.15. The number of ether oxygens (including phenoxy) is 2. The average Bonchev–Trinajstić information content (AvgIpc) is 3.43. The van der Waals surface area contributed by atoms with E-state index in [4.69, 9.17) is 13.6 Å². The van der Waals surface area contributed by atoms with Crippen molar-refractivity contribution in [1.82, 2.24) is 0 Å². The molecule has 4 fully saturated rings. The Balaban J connectivity index is 1.37. The first-order valence-corrected chi connectivity index (χ1v) is 16.7. The Hall–Kier alpha value is 0.314. The van der Waals surface area contributed by atoms with Crippen molar-refractivity contribution in [2.75, 3.05) is 0 Å². The zero-order valence-electron chi connectivity index (χ0n) is 17.1. The SMILES string of the molecule is C[C@H]([C@@H]1CC[C@@H]2O[C@H]2C1)[Si](C)(C)O[Si](C)(C)[C@H](C)[C@@H]1CC[C@@H]2O[C@@H]2C1. The summed E-state index contributed by atoms with van der Waals surface area (Å²) in [5, 5.41) is 0. The lowest BCUT2D eigenvalue weighted by molar-refractivity contribution is 0.329. The molecule has 4 aliphatic rings. The first kappa shape index (κ1) is 18.7. The summed E-state index contributed by atoms with van der Waals surface area (Å²) < 4.78 is 18.7. The van der Waals surface area contributed by atoms with Gasteiger partial charge in [0, 0.05) is 0 Å². The molecule has 0 aromatic carbocycles. The lowest BCUT2D eigenvalue weighted by atomic mass is 9.87. The van der Waals surface area contributed by atoms with Crippen molar-refractivity contribution < 1.29 is 13.6 Å². The highest BCUT2D eigenvalue weighted by atomic mass is 28.4. The van der Waals surface area contributed by atoms with Gasteiger partial charge in [-0.05, 0) is 87.6 Å². The quantitative estimate of drug-likeness (QED) is 0.460. The Bertz CT molecular complexity index is 465. The summed E-state index contributed by atoms with van der Waals surface area (Å²) >= 11 is 0. The van der Waals surface area contributed by atoms with Crippen molar-refractivity contribution in [3.05, 3.63) is 0 Å². The minimum Gasteiger partial charge on any atom is -0.455 e. The molecular formula is C20H38O3Si2. The molecule has 0 unspecified atom stereocenters. The van der Waals surface area contributed by atoms with Crippen LogP contribution in [0.25, 0.3) is 0 Å². The van der Waals surface area contributed by atoms with Crippen LogP contribution in [0.3, 0.4) is 0 Å². The molecular weight excluding hydrogens is 344 g/mol. The fraction of sp³-hybridized carbons (Fsp3) is 1.00. The van der Waals surface area contributed by atoms with E-state index in [-0.39, 0.29) is 0 Å². The van der Waals surface area contributed by atoms with E-state index in [1.165, 1.54) is 38.5 Å². The highest BCUT2D eigenvalue weighted by Crippen LogP contribution is 2.50. The molecule has 5 heteroatoms. The summed E-state index contributed by atoms with van der Waals surface area (Å²) in [6, 6.07) is 0. The molecule has 4 rings (SSSR count). The molecule has 2 heterocycles. The maximum Gasteiger partial charge on any atom is 0.176 e. The molecule has 0 N–H and O–H groups in total. The lowest BCUT2D eigenvalue weighted by Gasteiger charge is -2.45. The molecule has 8 atom stereocenters. The van der Waals surface area contributed by atoms with Crippen LogP contribution in [0.4, 0.5) is 0 Å². The van der Waals surface area contributed by atoms with Crippen molar-refractivity contribution in [3.63, 3.8) is 0 Å². The second-order valence-electron chi connectivity index (χ2n) is 10.5. The van der Waals surface area contributed by atoms with Crippen molar-refractivity contribution >= 4 is 16.6 Å². The third-order valence-corrected chi connectivity index (χ3v) is 17.8. The Morgan fingerprint density at radius 3 is 1.44 bits per heavy atom. The molecule has 0 amide bonds. The topological polar surface area (TPSA) is 34.3 Å². The number of rotatable bonds is 6. The standard InChI is InChI=1S/C20H38O3Si2/c1-13(15-7-9-17-19(11-15)21-17)24(3,4)23-25(5,6)14(2)16-8-10-18-20(12-16)22-18/h13-20H,7-12H2,1-6H3/t13-,14-,15-,16-,17+,18+,19-,20+/m1/s1. The van der Waals surface area contributed by atoms with Crippen LogP contribution >= 0.6 is 0 Å². The molecule has 144 valence electrons. The largest absolute Gasteiger partial charge is 0.455 e. The van der Waals surface area contributed by atoms with Crippen LogP contribution in [0.1, 0.15) is 52.4 Å². The summed E-state index contributed by atoms with van der Waals surface area (Å²) in [6.07, 6.45) is 10.2. The second-order valence-corrected chi connectivity index (χ2v) is 19.5. The fourth-order valence-corrected chi connectivity index (χ4v) is 15.6. The molecule has 0 aromatic rings. The van der Waals surface area contributed by atoms with Gasteiger partial charge in [-0.15, -0.1) is 0 Å². The molecule has 0 bridgehead atoms. The highest BCUT2D eigenvalue weighted by molar-refractivity contribution is 6.86. The first-order valence-electron chi connectivity index (χ1n) is 10.7. The van der Waals surface area contributed by atoms with Gasteiger partial charge in [0.2, 0.25) is 0 Å². The van der Waals surface area contributed by atoms with Crippen LogP contribution in [0.5, 0.6) is 0 Å².